The lowest BCUT2D eigenvalue weighted by atomic mass is 10.1. The fourth-order valence-corrected chi connectivity index (χ4v) is 3.09. The zero-order valence-electron chi connectivity index (χ0n) is 18.4. The van der Waals surface area contributed by atoms with Crippen molar-refractivity contribution in [3.8, 4) is 23.0 Å². The molecule has 0 aliphatic rings. The van der Waals surface area contributed by atoms with Gasteiger partial charge >= 0.3 is 5.97 Å². The minimum absolute atomic E-state index is 0.125. The molecule has 3 aromatic rings. The maximum Gasteiger partial charge on any atom is 0.343 e. The van der Waals surface area contributed by atoms with Crippen LogP contribution in [0.2, 0.25) is 0 Å². The number of hydrogen-bond acceptors (Lipinski definition) is 6. The van der Waals surface area contributed by atoms with Crippen molar-refractivity contribution in [1.29, 1.82) is 0 Å². The normalized spacial score (nSPS) is 10.6. The van der Waals surface area contributed by atoms with E-state index >= 15 is 0 Å². The SMILES string of the molecule is COc1ccc(C(=O)/C=C/c2ccc(OC)c(OC)c2)c(OC(=O)c2ccccc2C)c1. The molecule has 0 unspecified atom stereocenters. The van der Waals surface area contributed by atoms with E-state index in [4.69, 9.17) is 18.9 Å². The fraction of sp³-hybridized carbons (Fsp3) is 0.154. The molecule has 3 rings (SSSR count). The third kappa shape index (κ3) is 5.16. The number of hydrogen-bond donors (Lipinski definition) is 0. The summed E-state index contributed by atoms with van der Waals surface area (Å²) in [5.74, 6) is 0.873. The van der Waals surface area contributed by atoms with Gasteiger partial charge in [-0.05, 0) is 54.5 Å². The summed E-state index contributed by atoms with van der Waals surface area (Å²) >= 11 is 0. The molecule has 0 amide bonds. The predicted molar refractivity (Wildman–Crippen MR) is 122 cm³/mol. The standard InChI is InChI=1S/C26H24O6/c1-17-7-5-6-8-20(17)26(28)32-24-16-19(29-2)11-12-21(24)22(27)13-9-18-10-14-23(30-3)25(15-18)31-4/h5-16H,1-4H3/b13-9+. The van der Waals surface area contributed by atoms with Crippen molar-refractivity contribution in [1.82, 2.24) is 0 Å². The van der Waals surface area contributed by atoms with Gasteiger partial charge in [-0.15, -0.1) is 0 Å². The Bertz CT molecular complexity index is 1160. The van der Waals surface area contributed by atoms with Crippen LogP contribution in [0.4, 0.5) is 0 Å². The molecule has 32 heavy (non-hydrogen) atoms. The summed E-state index contributed by atoms with van der Waals surface area (Å²) in [6.07, 6.45) is 3.07. The smallest absolute Gasteiger partial charge is 0.343 e. The zero-order chi connectivity index (χ0) is 23.1. The average Bonchev–Trinajstić information content (AvgIpc) is 2.82. The molecule has 0 heterocycles. The number of methoxy groups -OCH3 is 3. The molecule has 0 bridgehead atoms. The first-order valence-corrected chi connectivity index (χ1v) is 9.87. The molecule has 0 aromatic heterocycles. The number of carbonyl (C=O) groups is 2. The molecular formula is C26H24O6. The van der Waals surface area contributed by atoms with Gasteiger partial charge in [-0.3, -0.25) is 4.79 Å². The van der Waals surface area contributed by atoms with E-state index < -0.39 is 5.97 Å². The first-order valence-electron chi connectivity index (χ1n) is 9.87. The van der Waals surface area contributed by atoms with Crippen molar-refractivity contribution >= 4 is 17.8 Å². The lowest BCUT2D eigenvalue weighted by molar-refractivity contribution is 0.0732. The first-order chi connectivity index (χ1) is 15.5. The van der Waals surface area contributed by atoms with Gasteiger partial charge in [-0.2, -0.15) is 0 Å². The van der Waals surface area contributed by atoms with Crippen LogP contribution in [0.15, 0.2) is 66.7 Å². The second-order valence-corrected chi connectivity index (χ2v) is 6.88. The molecule has 3 aromatic carbocycles. The molecule has 0 spiro atoms. The number of ketones is 1. The molecule has 0 radical (unpaired) electrons. The van der Waals surface area contributed by atoms with Crippen LogP contribution in [-0.2, 0) is 0 Å². The van der Waals surface area contributed by atoms with E-state index in [1.54, 1.807) is 62.8 Å². The molecule has 0 fully saturated rings. The van der Waals surface area contributed by atoms with Crippen molar-refractivity contribution < 1.29 is 28.5 Å². The highest BCUT2D eigenvalue weighted by Crippen LogP contribution is 2.29. The van der Waals surface area contributed by atoms with Crippen LogP contribution in [0.3, 0.4) is 0 Å². The fourth-order valence-electron chi connectivity index (χ4n) is 3.09. The van der Waals surface area contributed by atoms with E-state index in [-0.39, 0.29) is 17.1 Å². The number of rotatable bonds is 8. The van der Waals surface area contributed by atoms with Crippen molar-refractivity contribution in [3.63, 3.8) is 0 Å². The molecule has 0 atom stereocenters. The van der Waals surface area contributed by atoms with Gasteiger partial charge in [0.25, 0.3) is 0 Å². The third-order valence-corrected chi connectivity index (χ3v) is 4.86. The van der Waals surface area contributed by atoms with Gasteiger partial charge in [-0.25, -0.2) is 4.79 Å². The maximum absolute atomic E-state index is 12.9. The molecule has 164 valence electrons. The van der Waals surface area contributed by atoms with Crippen molar-refractivity contribution in [2.45, 2.75) is 6.92 Å². The van der Waals surface area contributed by atoms with Crippen molar-refractivity contribution in [2.75, 3.05) is 21.3 Å². The quantitative estimate of drug-likeness (QED) is 0.213. The van der Waals surface area contributed by atoms with Gasteiger partial charge in [-0.1, -0.05) is 30.3 Å². The van der Waals surface area contributed by atoms with Crippen LogP contribution in [-0.4, -0.2) is 33.1 Å². The number of ether oxygens (including phenoxy) is 4. The minimum Gasteiger partial charge on any atom is -0.497 e. The lowest BCUT2D eigenvalue weighted by Crippen LogP contribution is -2.12. The summed E-state index contributed by atoms with van der Waals surface area (Å²) in [5.41, 5.74) is 2.20. The summed E-state index contributed by atoms with van der Waals surface area (Å²) in [7, 11) is 4.60. The van der Waals surface area contributed by atoms with Gasteiger partial charge in [0.1, 0.15) is 11.5 Å². The van der Waals surface area contributed by atoms with Crippen molar-refractivity contribution in [2.24, 2.45) is 0 Å². The molecule has 0 aliphatic heterocycles. The Kier molecular flexibility index (Phi) is 7.29. The number of aryl methyl sites for hydroxylation is 1. The van der Waals surface area contributed by atoms with E-state index in [1.165, 1.54) is 19.3 Å². The van der Waals surface area contributed by atoms with Crippen LogP contribution < -0.4 is 18.9 Å². The second-order valence-electron chi connectivity index (χ2n) is 6.88. The Labute approximate surface area is 187 Å². The average molecular weight is 432 g/mol. The van der Waals surface area contributed by atoms with E-state index in [1.807, 2.05) is 19.1 Å². The summed E-state index contributed by atoms with van der Waals surface area (Å²) in [6, 6.07) is 17.1. The Morgan fingerprint density at radius 1 is 0.750 bits per heavy atom. The number of allylic oxidation sites excluding steroid dienone is 1. The summed E-state index contributed by atoms with van der Waals surface area (Å²) in [6.45, 7) is 1.82. The largest absolute Gasteiger partial charge is 0.497 e. The van der Waals surface area contributed by atoms with E-state index in [0.29, 0.717) is 22.8 Å². The monoisotopic (exact) mass is 432 g/mol. The Morgan fingerprint density at radius 3 is 2.19 bits per heavy atom. The van der Waals surface area contributed by atoms with Crippen LogP contribution in [0, 0.1) is 6.92 Å². The van der Waals surface area contributed by atoms with Gasteiger partial charge in [0.2, 0.25) is 0 Å². The Hall–Kier alpha value is -4.06. The number of esters is 1. The maximum atomic E-state index is 12.9. The van der Waals surface area contributed by atoms with E-state index in [2.05, 4.69) is 0 Å². The van der Waals surface area contributed by atoms with Gasteiger partial charge < -0.3 is 18.9 Å². The van der Waals surface area contributed by atoms with Crippen LogP contribution in [0.5, 0.6) is 23.0 Å². The number of benzene rings is 3. The lowest BCUT2D eigenvalue weighted by Gasteiger charge is -2.11. The zero-order valence-corrected chi connectivity index (χ0v) is 18.4. The van der Waals surface area contributed by atoms with Crippen LogP contribution in [0.25, 0.3) is 6.08 Å². The Balaban J connectivity index is 1.88. The van der Waals surface area contributed by atoms with Crippen LogP contribution in [0.1, 0.15) is 31.8 Å². The first kappa shape index (κ1) is 22.6. The number of carbonyl (C=O) groups excluding carboxylic acids is 2. The van der Waals surface area contributed by atoms with E-state index in [9.17, 15) is 9.59 Å². The molecule has 6 heteroatoms. The predicted octanol–water partition coefficient (Wildman–Crippen LogP) is 5.14. The summed E-state index contributed by atoms with van der Waals surface area (Å²) in [4.78, 5) is 25.6. The van der Waals surface area contributed by atoms with E-state index in [0.717, 1.165) is 11.1 Å². The Morgan fingerprint density at radius 2 is 1.50 bits per heavy atom. The topological polar surface area (TPSA) is 71.1 Å². The van der Waals surface area contributed by atoms with Crippen molar-refractivity contribution in [3.05, 3.63) is 89.0 Å². The highest BCUT2D eigenvalue weighted by Gasteiger charge is 2.17. The molecule has 6 nitrogen and oxygen atoms in total. The molecule has 0 N–H and O–H groups in total. The molecule has 0 aliphatic carbocycles. The minimum atomic E-state index is -0.547. The summed E-state index contributed by atoms with van der Waals surface area (Å²) < 4.78 is 21.3. The van der Waals surface area contributed by atoms with Gasteiger partial charge in [0.15, 0.2) is 17.3 Å². The second kappa shape index (κ2) is 10.3. The van der Waals surface area contributed by atoms with Gasteiger partial charge in [0, 0.05) is 6.07 Å². The highest BCUT2D eigenvalue weighted by atomic mass is 16.5. The van der Waals surface area contributed by atoms with Gasteiger partial charge in [0.05, 0.1) is 32.5 Å². The third-order valence-electron chi connectivity index (χ3n) is 4.86. The molecular weight excluding hydrogens is 408 g/mol. The molecule has 0 saturated heterocycles. The molecule has 0 saturated carbocycles. The highest BCUT2D eigenvalue weighted by molar-refractivity contribution is 6.09. The van der Waals surface area contributed by atoms with Crippen LogP contribution >= 0.6 is 0 Å². The summed E-state index contributed by atoms with van der Waals surface area (Å²) in [5, 5.41) is 0.